The van der Waals surface area contributed by atoms with Crippen molar-refractivity contribution in [1.82, 2.24) is 0 Å². The highest BCUT2D eigenvalue weighted by Gasteiger charge is 2.37. The number of carboxylic acids is 3. The first kappa shape index (κ1) is 16.1. The summed E-state index contributed by atoms with van der Waals surface area (Å²) in [5, 5.41) is 26.8. The van der Waals surface area contributed by atoms with Gasteiger partial charge in [0, 0.05) is 6.42 Å². The zero-order valence-corrected chi connectivity index (χ0v) is 10.4. The molecule has 0 heterocycles. The summed E-state index contributed by atoms with van der Waals surface area (Å²) in [5.74, 6) is -6.90. The van der Waals surface area contributed by atoms with E-state index in [1.807, 2.05) is 0 Å². The Hall–Kier alpha value is -1.85. The molecule has 0 amide bonds. The van der Waals surface area contributed by atoms with Crippen LogP contribution in [0.2, 0.25) is 0 Å². The van der Waals surface area contributed by atoms with E-state index in [1.54, 1.807) is 0 Å². The highest BCUT2D eigenvalue weighted by Crippen LogP contribution is 2.30. The van der Waals surface area contributed by atoms with Crippen LogP contribution in [-0.2, 0) is 14.4 Å². The molecule has 0 aliphatic rings. The molecule has 0 fully saturated rings. The molecule has 0 saturated carbocycles. The molecule has 102 valence electrons. The lowest BCUT2D eigenvalue weighted by Gasteiger charge is -2.27. The van der Waals surface area contributed by atoms with E-state index in [9.17, 15) is 14.4 Å². The van der Waals surface area contributed by atoms with Crippen molar-refractivity contribution in [1.29, 1.82) is 0 Å². The maximum Gasteiger partial charge on any atom is 0.310 e. The van der Waals surface area contributed by atoms with E-state index in [-0.39, 0.29) is 6.42 Å². The molecule has 6 heteroatoms. The molecule has 0 aromatic heterocycles. The molecule has 0 radical (unpaired) electrons. The van der Waals surface area contributed by atoms with Gasteiger partial charge < -0.3 is 15.3 Å². The molecular formula is C12H18O6. The molecule has 18 heavy (non-hydrogen) atoms. The Labute approximate surface area is 105 Å². The average Bonchev–Trinajstić information content (AvgIpc) is 2.15. The lowest BCUT2D eigenvalue weighted by atomic mass is 9.75. The van der Waals surface area contributed by atoms with Crippen molar-refractivity contribution in [3.05, 3.63) is 12.7 Å². The topological polar surface area (TPSA) is 112 Å². The minimum Gasteiger partial charge on any atom is -0.481 e. The summed E-state index contributed by atoms with van der Waals surface area (Å²) in [5.41, 5.74) is 0. The number of carboxylic acid groups (broad SMARTS) is 3. The van der Waals surface area contributed by atoms with Gasteiger partial charge in [0.05, 0.1) is 11.8 Å². The van der Waals surface area contributed by atoms with Crippen LogP contribution in [0.4, 0.5) is 0 Å². The number of carbonyl (C=O) groups is 3. The van der Waals surface area contributed by atoms with E-state index >= 15 is 0 Å². The Kier molecular flexibility index (Phi) is 6.08. The van der Waals surface area contributed by atoms with Gasteiger partial charge in [-0.3, -0.25) is 14.4 Å². The third kappa shape index (κ3) is 4.20. The number of hydrogen-bond acceptors (Lipinski definition) is 3. The van der Waals surface area contributed by atoms with Crippen LogP contribution < -0.4 is 0 Å². The molecule has 0 spiro atoms. The normalized spacial score (nSPS) is 17.2. The van der Waals surface area contributed by atoms with Crippen molar-refractivity contribution >= 4 is 17.9 Å². The predicted octanol–water partition coefficient (Wildman–Crippen LogP) is 1.32. The molecule has 0 aromatic carbocycles. The Balaban J connectivity index is 5.10. The molecule has 0 saturated heterocycles. The van der Waals surface area contributed by atoms with E-state index in [4.69, 9.17) is 15.3 Å². The van der Waals surface area contributed by atoms with Gasteiger partial charge in [0.1, 0.15) is 0 Å². The van der Waals surface area contributed by atoms with Gasteiger partial charge in [0.2, 0.25) is 0 Å². The first-order valence-corrected chi connectivity index (χ1v) is 5.52. The quantitative estimate of drug-likeness (QED) is 0.566. The Morgan fingerprint density at radius 2 is 1.61 bits per heavy atom. The van der Waals surface area contributed by atoms with Gasteiger partial charge in [-0.05, 0) is 11.8 Å². The van der Waals surface area contributed by atoms with Gasteiger partial charge in [-0.1, -0.05) is 19.9 Å². The summed E-state index contributed by atoms with van der Waals surface area (Å²) in [4.78, 5) is 32.8. The third-order valence-corrected chi connectivity index (χ3v) is 3.07. The van der Waals surface area contributed by atoms with Crippen LogP contribution in [-0.4, -0.2) is 33.2 Å². The lowest BCUT2D eigenvalue weighted by Crippen LogP contribution is -2.35. The predicted molar refractivity (Wildman–Crippen MR) is 63.0 cm³/mol. The van der Waals surface area contributed by atoms with Crippen LogP contribution in [0.25, 0.3) is 0 Å². The molecular weight excluding hydrogens is 240 g/mol. The molecule has 0 aliphatic carbocycles. The molecule has 4 atom stereocenters. The minimum atomic E-state index is -1.19. The van der Waals surface area contributed by atoms with Crippen molar-refractivity contribution in [2.45, 2.75) is 20.3 Å². The Morgan fingerprint density at radius 3 is 1.89 bits per heavy atom. The second-order valence-electron chi connectivity index (χ2n) is 4.40. The van der Waals surface area contributed by atoms with E-state index < -0.39 is 41.6 Å². The molecule has 3 N–H and O–H groups in total. The van der Waals surface area contributed by atoms with Crippen LogP contribution in [0.5, 0.6) is 0 Å². The summed E-state index contributed by atoms with van der Waals surface area (Å²) in [7, 11) is 0. The van der Waals surface area contributed by atoms with E-state index in [1.165, 1.54) is 19.9 Å². The average molecular weight is 258 g/mol. The highest BCUT2D eigenvalue weighted by molar-refractivity contribution is 5.76. The Morgan fingerprint density at radius 1 is 1.11 bits per heavy atom. The summed E-state index contributed by atoms with van der Waals surface area (Å²) in [6.45, 7) is 6.35. The van der Waals surface area contributed by atoms with Crippen LogP contribution in [0.1, 0.15) is 20.3 Å². The SMILES string of the molecule is C=CC(C(=O)O)C(C)C(C(=O)O)C(C)CC(=O)O. The third-order valence-electron chi connectivity index (χ3n) is 3.07. The van der Waals surface area contributed by atoms with Gasteiger partial charge in [0.15, 0.2) is 0 Å². The fourth-order valence-electron chi connectivity index (χ4n) is 2.15. The summed E-state index contributed by atoms with van der Waals surface area (Å²) in [6, 6.07) is 0. The van der Waals surface area contributed by atoms with Gasteiger partial charge in [0.25, 0.3) is 0 Å². The second-order valence-corrected chi connectivity index (χ2v) is 4.40. The molecule has 6 nitrogen and oxygen atoms in total. The lowest BCUT2D eigenvalue weighted by molar-refractivity contribution is -0.150. The minimum absolute atomic E-state index is 0.315. The maximum absolute atomic E-state index is 11.2. The first-order valence-electron chi connectivity index (χ1n) is 5.52. The molecule has 0 aromatic rings. The summed E-state index contributed by atoms with van der Waals surface area (Å²) < 4.78 is 0. The zero-order valence-electron chi connectivity index (χ0n) is 10.4. The first-order chi connectivity index (χ1) is 8.22. The number of hydrogen-bond donors (Lipinski definition) is 3. The molecule has 4 unspecified atom stereocenters. The van der Waals surface area contributed by atoms with Crippen molar-refractivity contribution < 1.29 is 29.7 Å². The number of rotatable bonds is 8. The fourth-order valence-corrected chi connectivity index (χ4v) is 2.15. The van der Waals surface area contributed by atoms with Crippen LogP contribution >= 0.6 is 0 Å². The highest BCUT2D eigenvalue weighted by atomic mass is 16.4. The van der Waals surface area contributed by atoms with Gasteiger partial charge >= 0.3 is 17.9 Å². The van der Waals surface area contributed by atoms with Crippen molar-refractivity contribution in [3.8, 4) is 0 Å². The molecule has 0 rings (SSSR count). The van der Waals surface area contributed by atoms with Crippen LogP contribution in [0.15, 0.2) is 12.7 Å². The summed E-state index contributed by atoms with van der Waals surface area (Å²) >= 11 is 0. The molecule has 0 aliphatic heterocycles. The standard InChI is InChI=1S/C12H18O6/c1-4-8(11(15)16)7(3)10(12(17)18)6(2)5-9(13)14/h4,6-8,10H,1,5H2,2-3H3,(H,13,14)(H,15,16)(H,17,18). The zero-order chi connectivity index (χ0) is 14.5. The fraction of sp³-hybridized carbons (Fsp3) is 0.583. The number of aliphatic carboxylic acids is 3. The van der Waals surface area contributed by atoms with Crippen LogP contribution in [0.3, 0.4) is 0 Å². The van der Waals surface area contributed by atoms with E-state index in [2.05, 4.69) is 6.58 Å². The second kappa shape index (κ2) is 6.78. The van der Waals surface area contributed by atoms with Crippen molar-refractivity contribution in [2.24, 2.45) is 23.7 Å². The van der Waals surface area contributed by atoms with Crippen molar-refractivity contribution in [2.75, 3.05) is 0 Å². The van der Waals surface area contributed by atoms with Gasteiger partial charge in [-0.15, -0.1) is 6.58 Å². The Bertz CT molecular complexity index is 348. The largest absolute Gasteiger partial charge is 0.481 e. The van der Waals surface area contributed by atoms with E-state index in [0.29, 0.717) is 0 Å². The maximum atomic E-state index is 11.2. The van der Waals surface area contributed by atoms with E-state index in [0.717, 1.165) is 0 Å². The smallest absolute Gasteiger partial charge is 0.310 e. The van der Waals surface area contributed by atoms with Gasteiger partial charge in [-0.25, -0.2) is 0 Å². The van der Waals surface area contributed by atoms with Crippen molar-refractivity contribution in [3.63, 3.8) is 0 Å². The van der Waals surface area contributed by atoms with Crippen LogP contribution in [0, 0.1) is 23.7 Å². The monoisotopic (exact) mass is 258 g/mol. The molecule has 0 bridgehead atoms. The summed E-state index contributed by atoms with van der Waals surface area (Å²) in [6.07, 6.45) is 0.862. The van der Waals surface area contributed by atoms with Gasteiger partial charge in [-0.2, -0.15) is 0 Å².